The van der Waals surface area contributed by atoms with E-state index in [0.29, 0.717) is 5.56 Å². The van der Waals surface area contributed by atoms with Gasteiger partial charge in [-0.2, -0.15) is 0 Å². The van der Waals surface area contributed by atoms with Crippen molar-refractivity contribution in [3.05, 3.63) is 77.0 Å². The van der Waals surface area contributed by atoms with Crippen LogP contribution in [0.2, 0.25) is 0 Å². The van der Waals surface area contributed by atoms with Crippen LogP contribution in [0, 0.1) is 13.8 Å². The van der Waals surface area contributed by atoms with E-state index < -0.39 is 0 Å². The average molecular weight is 261 g/mol. The first-order chi connectivity index (χ1) is 9.66. The molecule has 0 bridgehead atoms. The highest BCUT2D eigenvalue weighted by Crippen LogP contribution is 2.21. The lowest BCUT2D eigenvalue weighted by atomic mass is 9.96. The van der Waals surface area contributed by atoms with Gasteiger partial charge in [0, 0.05) is 22.7 Å². The molecule has 0 saturated carbocycles. The smallest absolute Gasteiger partial charge is 0.194 e. The normalized spacial score (nSPS) is 10.7. The second kappa shape index (κ2) is 4.89. The Morgan fingerprint density at radius 3 is 2.55 bits per heavy atom. The molecule has 0 aliphatic carbocycles. The lowest BCUT2D eigenvalue weighted by Gasteiger charge is -2.08. The van der Waals surface area contributed by atoms with Crippen molar-refractivity contribution in [1.82, 2.24) is 4.98 Å². The Balaban J connectivity index is 2.18. The molecule has 0 fully saturated rings. The number of aromatic nitrogens is 1. The molecule has 0 unspecified atom stereocenters. The van der Waals surface area contributed by atoms with E-state index in [1.165, 1.54) is 5.56 Å². The van der Waals surface area contributed by atoms with Gasteiger partial charge in [-0.25, -0.2) is 0 Å². The van der Waals surface area contributed by atoms with E-state index in [1.807, 2.05) is 56.3 Å². The number of para-hydroxylation sites is 1. The predicted molar refractivity (Wildman–Crippen MR) is 81.1 cm³/mol. The van der Waals surface area contributed by atoms with Crippen molar-refractivity contribution < 1.29 is 4.79 Å². The van der Waals surface area contributed by atoms with Gasteiger partial charge in [-0.15, -0.1) is 0 Å². The van der Waals surface area contributed by atoms with Gasteiger partial charge in [0.15, 0.2) is 5.78 Å². The van der Waals surface area contributed by atoms with Crippen LogP contribution in [0.1, 0.15) is 27.0 Å². The van der Waals surface area contributed by atoms with E-state index in [1.54, 1.807) is 12.3 Å². The number of carbonyl (C=O) groups excluding carboxylic acids is 1. The maximum atomic E-state index is 12.8. The summed E-state index contributed by atoms with van der Waals surface area (Å²) >= 11 is 0. The molecule has 1 aromatic heterocycles. The molecule has 20 heavy (non-hydrogen) atoms. The maximum absolute atomic E-state index is 12.8. The van der Waals surface area contributed by atoms with Gasteiger partial charge in [0.05, 0.1) is 5.52 Å². The monoisotopic (exact) mass is 261 g/mol. The second-order valence-electron chi connectivity index (χ2n) is 5.02. The largest absolute Gasteiger partial charge is 0.289 e. The Bertz CT molecular complexity index is 800. The molecule has 0 atom stereocenters. The van der Waals surface area contributed by atoms with Crippen LogP contribution >= 0.6 is 0 Å². The summed E-state index contributed by atoms with van der Waals surface area (Å²) in [5.74, 6) is 0.0566. The van der Waals surface area contributed by atoms with Gasteiger partial charge in [-0.05, 0) is 31.5 Å². The van der Waals surface area contributed by atoms with E-state index >= 15 is 0 Å². The van der Waals surface area contributed by atoms with Gasteiger partial charge in [-0.3, -0.25) is 9.78 Å². The molecule has 1 heterocycles. The zero-order valence-electron chi connectivity index (χ0n) is 11.6. The van der Waals surface area contributed by atoms with Gasteiger partial charge in [0.25, 0.3) is 0 Å². The van der Waals surface area contributed by atoms with Crippen molar-refractivity contribution in [2.24, 2.45) is 0 Å². The highest BCUT2D eigenvalue weighted by Gasteiger charge is 2.14. The molecule has 0 amide bonds. The number of hydrogen-bond acceptors (Lipinski definition) is 2. The molecular formula is C18H15NO. The first kappa shape index (κ1) is 12.5. The van der Waals surface area contributed by atoms with E-state index in [9.17, 15) is 4.79 Å². The summed E-state index contributed by atoms with van der Waals surface area (Å²) in [7, 11) is 0. The maximum Gasteiger partial charge on any atom is 0.194 e. The van der Waals surface area contributed by atoms with Crippen LogP contribution in [-0.4, -0.2) is 10.8 Å². The number of fused-ring (bicyclic) bond motifs is 1. The van der Waals surface area contributed by atoms with Crippen LogP contribution < -0.4 is 0 Å². The summed E-state index contributed by atoms with van der Waals surface area (Å²) in [6.07, 6.45) is 1.69. The van der Waals surface area contributed by atoms with Crippen LogP contribution in [0.4, 0.5) is 0 Å². The zero-order valence-corrected chi connectivity index (χ0v) is 11.6. The fourth-order valence-corrected chi connectivity index (χ4v) is 2.51. The fraction of sp³-hybridized carbons (Fsp3) is 0.111. The van der Waals surface area contributed by atoms with Gasteiger partial charge < -0.3 is 0 Å². The molecule has 3 aromatic rings. The van der Waals surface area contributed by atoms with E-state index in [2.05, 4.69) is 4.98 Å². The van der Waals surface area contributed by atoms with Gasteiger partial charge in [0.2, 0.25) is 0 Å². The summed E-state index contributed by atoms with van der Waals surface area (Å²) in [5, 5.41) is 0.903. The first-order valence-electron chi connectivity index (χ1n) is 6.62. The lowest BCUT2D eigenvalue weighted by Crippen LogP contribution is -2.05. The van der Waals surface area contributed by atoms with Crippen molar-refractivity contribution in [2.45, 2.75) is 13.8 Å². The minimum Gasteiger partial charge on any atom is -0.289 e. The quantitative estimate of drug-likeness (QED) is 0.650. The topological polar surface area (TPSA) is 30.0 Å². The molecule has 2 aromatic carbocycles. The molecule has 98 valence electrons. The number of pyridine rings is 1. The molecule has 0 radical (unpaired) electrons. The van der Waals surface area contributed by atoms with Gasteiger partial charge >= 0.3 is 0 Å². The summed E-state index contributed by atoms with van der Waals surface area (Å²) in [6.45, 7) is 4.01. The Morgan fingerprint density at radius 2 is 1.75 bits per heavy atom. The fourth-order valence-electron chi connectivity index (χ4n) is 2.51. The van der Waals surface area contributed by atoms with Crippen molar-refractivity contribution in [2.75, 3.05) is 0 Å². The van der Waals surface area contributed by atoms with Gasteiger partial charge in [-0.1, -0.05) is 42.0 Å². The highest BCUT2D eigenvalue weighted by molar-refractivity contribution is 6.16. The summed E-state index contributed by atoms with van der Waals surface area (Å²) in [6, 6.07) is 15.4. The third-order valence-corrected chi connectivity index (χ3v) is 3.52. The summed E-state index contributed by atoms with van der Waals surface area (Å²) in [5.41, 5.74) is 4.49. The number of benzene rings is 2. The number of nitrogens with zero attached hydrogens (tertiary/aromatic N) is 1. The molecule has 0 aliphatic rings. The van der Waals surface area contributed by atoms with Crippen LogP contribution in [0.5, 0.6) is 0 Å². The van der Waals surface area contributed by atoms with E-state index in [0.717, 1.165) is 22.0 Å². The van der Waals surface area contributed by atoms with Gasteiger partial charge in [0.1, 0.15) is 0 Å². The lowest BCUT2D eigenvalue weighted by molar-refractivity contribution is 0.103. The molecular weight excluding hydrogens is 246 g/mol. The second-order valence-corrected chi connectivity index (χ2v) is 5.02. The van der Waals surface area contributed by atoms with Crippen molar-refractivity contribution >= 4 is 16.7 Å². The van der Waals surface area contributed by atoms with Crippen molar-refractivity contribution in [1.29, 1.82) is 0 Å². The minimum absolute atomic E-state index is 0.0566. The SMILES string of the molecule is Cc1ccc(C(=O)c2ccnc3ccccc23)c(C)c1. The minimum atomic E-state index is 0.0566. The Labute approximate surface area is 118 Å². The highest BCUT2D eigenvalue weighted by atomic mass is 16.1. The number of aryl methyl sites for hydroxylation is 2. The summed E-state index contributed by atoms with van der Waals surface area (Å²) < 4.78 is 0. The Morgan fingerprint density at radius 1 is 0.950 bits per heavy atom. The third-order valence-electron chi connectivity index (χ3n) is 3.52. The molecule has 0 saturated heterocycles. The Hall–Kier alpha value is -2.48. The predicted octanol–water partition coefficient (Wildman–Crippen LogP) is 4.08. The molecule has 2 heteroatoms. The third kappa shape index (κ3) is 2.10. The van der Waals surface area contributed by atoms with Crippen LogP contribution in [0.25, 0.3) is 10.9 Å². The first-order valence-corrected chi connectivity index (χ1v) is 6.62. The van der Waals surface area contributed by atoms with Crippen LogP contribution in [0.15, 0.2) is 54.7 Å². The molecule has 3 rings (SSSR count). The average Bonchev–Trinajstić information content (AvgIpc) is 2.46. The van der Waals surface area contributed by atoms with Crippen LogP contribution in [-0.2, 0) is 0 Å². The molecule has 0 aliphatic heterocycles. The zero-order chi connectivity index (χ0) is 14.1. The molecule has 0 spiro atoms. The number of ketones is 1. The van der Waals surface area contributed by atoms with E-state index in [4.69, 9.17) is 0 Å². The Kier molecular flexibility index (Phi) is 3.07. The standard InChI is InChI=1S/C18H15NO/c1-12-7-8-14(13(2)11-12)18(20)16-9-10-19-17-6-4-3-5-15(16)17/h3-11H,1-2H3. The van der Waals surface area contributed by atoms with Crippen molar-refractivity contribution in [3.63, 3.8) is 0 Å². The summed E-state index contributed by atoms with van der Waals surface area (Å²) in [4.78, 5) is 17.1. The number of carbonyl (C=O) groups is 1. The van der Waals surface area contributed by atoms with Crippen LogP contribution in [0.3, 0.4) is 0 Å². The van der Waals surface area contributed by atoms with E-state index in [-0.39, 0.29) is 5.78 Å². The molecule has 0 N–H and O–H groups in total. The number of rotatable bonds is 2. The molecule has 2 nitrogen and oxygen atoms in total. The number of hydrogen-bond donors (Lipinski definition) is 0. The van der Waals surface area contributed by atoms with Crippen molar-refractivity contribution in [3.8, 4) is 0 Å².